The number of benzene rings is 2. The number of phenolic OH excluding ortho intramolecular Hbond substituents is 1. The van der Waals surface area contributed by atoms with Gasteiger partial charge < -0.3 is 23.8 Å². The number of phenols is 1. The van der Waals surface area contributed by atoms with Crippen LogP contribution in [0.4, 0.5) is 26.3 Å². The number of fused-ring (bicyclic) bond motifs is 2. The van der Waals surface area contributed by atoms with Crippen LogP contribution >= 0.6 is 11.3 Å². The van der Waals surface area contributed by atoms with Crippen molar-refractivity contribution in [3.8, 4) is 21.9 Å². The van der Waals surface area contributed by atoms with Gasteiger partial charge in [0.25, 0.3) is 0 Å². The lowest BCUT2D eigenvalue weighted by atomic mass is 9.78. The van der Waals surface area contributed by atoms with E-state index in [9.17, 15) is 50.6 Å². The van der Waals surface area contributed by atoms with Crippen molar-refractivity contribution in [2.75, 3.05) is 0 Å². The number of alkyl halides is 6. The topological polar surface area (TPSA) is 144 Å². The van der Waals surface area contributed by atoms with Gasteiger partial charge >= 0.3 is 24.3 Å². The Bertz CT molecular complexity index is 2220. The zero-order valence-electron chi connectivity index (χ0n) is 24.0. The van der Waals surface area contributed by atoms with E-state index in [-0.39, 0.29) is 57.7 Å². The molecule has 48 heavy (non-hydrogen) atoms. The second kappa shape index (κ2) is 11.8. The van der Waals surface area contributed by atoms with E-state index in [1.807, 2.05) is 0 Å². The van der Waals surface area contributed by atoms with E-state index in [2.05, 4.69) is 0 Å². The van der Waals surface area contributed by atoms with Gasteiger partial charge in [-0.3, -0.25) is 14.4 Å². The highest BCUT2D eigenvalue weighted by Gasteiger charge is 2.43. The maximum Gasteiger partial charge on any atom is 0.450 e. The van der Waals surface area contributed by atoms with Gasteiger partial charge in [0.05, 0.1) is 27.8 Å². The minimum Gasteiger partial charge on any atom is -0.508 e. The molecule has 0 saturated heterocycles. The number of halogens is 6. The number of thiophene rings is 1. The van der Waals surface area contributed by atoms with Gasteiger partial charge in [0, 0.05) is 17.0 Å². The lowest BCUT2D eigenvalue weighted by Gasteiger charge is -2.28. The first-order valence-corrected chi connectivity index (χ1v) is 14.9. The molecule has 1 aliphatic carbocycles. The molecule has 1 aliphatic rings. The Hall–Kier alpha value is -5.12. The number of ether oxygens (including phenoxy) is 1. The van der Waals surface area contributed by atoms with Gasteiger partial charge in [0.1, 0.15) is 27.5 Å². The number of carbonyl (C=O) groups is 2. The van der Waals surface area contributed by atoms with Crippen LogP contribution in [-0.4, -0.2) is 22.2 Å². The van der Waals surface area contributed by atoms with Gasteiger partial charge in [-0.15, -0.1) is 11.3 Å². The third-order valence-corrected chi connectivity index (χ3v) is 9.13. The van der Waals surface area contributed by atoms with Gasteiger partial charge in [-0.25, -0.2) is 4.79 Å². The van der Waals surface area contributed by atoms with E-state index in [0.717, 1.165) is 48.5 Å². The molecule has 5 aromatic rings. The number of aromatic carboxylic acids is 1. The number of carbonyl (C=O) groups excluding carboxylic acids is 1. The molecule has 3 heterocycles. The summed E-state index contributed by atoms with van der Waals surface area (Å²) in [4.78, 5) is 50.0. The lowest BCUT2D eigenvalue weighted by Crippen LogP contribution is -2.28. The molecule has 250 valence electrons. The van der Waals surface area contributed by atoms with Gasteiger partial charge in [0.15, 0.2) is 5.43 Å². The predicted molar refractivity (Wildman–Crippen MR) is 157 cm³/mol. The number of carboxylic acids is 1. The van der Waals surface area contributed by atoms with Crippen LogP contribution in [0.5, 0.6) is 11.5 Å². The monoisotopic (exact) mass is 694 g/mol. The van der Waals surface area contributed by atoms with Crippen LogP contribution in [0.25, 0.3) is 32.4 Å². The number of carboxylic acid groups (broad SMARTS) is 1. The molecule has 0 unspecified atom stereocenters. The summed E-state index contributed by atoms with van der Waals surface area (Å²) in [5.41, 5.74) is -4.45. The molecule has 0 aliphatic heterocycles. The highest BCUT2D eigenvalue weighted by molar-refractivity contribution is 7.17. The molecule has 3 aromatic heterocycles. The smallest absolute Gasteiger partial charge is 0.450 e. The minimum atomic E-state index is -5.16. The molecule has 1 saturated carbocycles. The van der Waals surface area contributed by atoms with Crippen molar-refractivity contribution in [2.45, 2.75) is 44.0 Å². The summed E-state index contributed by atoms with van der Waals surface area (Å²) in [7, 11) is 0. The molecular weight excluding hydrogens is 674 g/mol. The summed E-state index contributed by atoms with van der Waals surface area (Å²) in [5.74, 6) is -7.79. The molecular formula is C32H20F6O9S. The molecule has 0 amide bonds. The molecule has 9 nitrogen and oxygen atoms in total. The zero-order valence-corrected chi connectivity index (χ0v) is 24.8. The Morgan fingerprint density at radius 2 is 1.40 bits per heavy atom. The van der Waals surface area contributed by atoms with E-state index >= 15 is 0 Å². The molecule has 0 atom stereocenters. The van der Waals surface area contributed by atoms with Crippen molar-refractivity contribution >= 4 is 45.2 Å². The Balaban J connectivity index is 1.24. The summed E-state index contributed by atoms with van der Waals surface area (Å²) in [5, 5.41) is 18.3. The van der Waals surface area contributed by atoms with Crippen molar-refractivity contribution < 1.29 is 59.7 Å². The average molecular weight is 695 g/mol. The van der Waals surface area contributed by atoms with Crippen molar-refractivity contribution in [3.63, 3.8) is 0 Å². The summed E-state index contributed by atoms with van der Waals surface area (Å²) in [6, 6.07) is 8.50. The summed E-state index contributed by atoms with van der Waals surface area (Å²) in [6.45, 7) is 0. The van der Waals surface area contributed by atoms with Gasteiger partial charge in [-0.05, 0) is 68.0 Å². The maximum absolute atomic E-state index is 14.0. The molecule has 0 bridgehead atoms. The van der Waals surface area contributed by atoms with Crippen LogP contribution < -0.4 is 15.6 Å². The first kappa shape index (κ1) is 32.8. The highest BCUT2D eigenvalue weighted by Crippen LogP contribution is 2.43. The summed E-state index contributed by atoms with van der Waals surface area (Å²) < 4.78 is 99.3. The highest BCUT2D eigenvalue weighted by atomic mass is 32.1. The van der Waals surface area contributed by atoms with Crippen molar-refractivity contribution in [1.29, 1.82) is 0 Å². The Morgan fingerprint density at radius 3 is 2.02 bits per heavy atom. The maximum atomic E-state index is 14.0. The van der Waals surface area contributed by atoms with Crippen LogP contribution in [0, 0.1) is 5.92 Å². The van der Waals surface area contributed by atoms with E-state index in [0.29, 0.717) is 11.3 Å². The van der Waals surface area contributed by atoms with Crippen molar-refractivity contribution in [2.24, 2.45) is 5.92 Å². The Morgan fingerprint density at radius 1 is 0.792 bits per heavy atom. The number of rotatable bonds is 5. The minimum absolute atomic E-state index is 0.0112. The van der Waals surface area contributed by atoms with E-state index in [1.165, 1.54) is 0 Å². The summed E-state index contributed by atoms with van der Waals surface area (Å²) >= 11 is 0.460. The van der Waals surface area contributed by atoms with Crippen molar-refractivity contribution in [1.82, 2.24) is 0 Å². The molecule has 0 spiro atoms. The zero-order chi connectivity index (χ0) is 34.7. The van der Waals surface area contributed by atoms with E-state index < -0.39 is 80.8 Å². The fourth-order valence-corrected chi connectivity index (χ4v) is 6.73. The Labute approximate surface area is 267 Å². The lowest BCUT2D eigenvalue weighted by molar-refractivity contribution is -0.154. The van der Waals surface area contributed by atoms with Crippen LogP contribution in [0.2, 0.25) is 0 Å². The SMILES string of the molecule is O=C(O)c1ccc(-c2c(C(F)(F)F)oc3cc(OC(=O)C4CCC(c5c(C(F)(F)F)oc6cc(O)ccc6c5=O)CC4)ccc3c2=O)s1. The molecule has 2 aromatic carbocycles. The van der Waals surface area contributed by atoms with Gasteiger partial charge in [-0.2, -0.15) is 26.3 Å². The van der Waals surface area contributed by atoms with Gasteiger partial charge in [-0.1, -0.05) is 0 Å². The summed E-state index contributed by atoms with van der Waals surface area (Å²) in [6.07, 6.45) is -10.2. The normalized spacial score (nSPS) is 17.1. The number of esters is 1. The number of aromatic hydroxyl groups is 1. The quantitative estimate of drug-likeness (QED) is 0.106. The predicted octanol–water partition coefficient (Wildman–Crippen LogP) is 7.95. The average Bonchev–Trinajstić information content (AvgIpc) is 3.50. The van der Waals surface area contributed by atoms with Crippen LogP contribution in [0.1, 0.15) is 58.4 Å². The first-order chi connectivity index (χ1) is 22.5. The fourth-order valence-electron chi connectivity index (χ4n) is 5.84. The molecule has 16 heteroatoms. The first-order valence-electron chi connectivity index (χ1n) is 14.1. The standard InChI is InChI=1S/C32H20F6O9S/c33-31(34,35)27-23(25(40)17-7-5-15(39)11-19(17)46-27)13-1-3-14(4-2-13)30(44)45-16-6-8-18-20(12-16)47-28(32(36,37)38)24(26(18)41)21-9-10-22(48-21)29(42)43/h5-14,39H,1-4H2,(H,42,43). The van der Waals surface area contributed by atoms with Crippen LogP contribution in [0.15, 0.2) is 67.0 Å². The van der Waals surface area contributed by atoms with E-state index in [4.69, 9.17) is 18.7 Å². The van der Waals surface area contributed by atoms with Crippen LogP contribution in [0.3, 0.4) is 0 Å². The molecule has 1 fully saturated rings. The van der Waals surface area contributed by atoms with Crippen LogP contribution in [-0.2, 0) is 17.1 Å². The molecule has 2 N–H and O–H groups in total. The van der Waals surface area contributed by atoms with Crippen molar-refractivity contribution in [3.05, 3.63) is 90.9 Å². The fraction of sp³-hybridized carbons (Fsp3) is 0.250. The second-order valence-corrected chi connectivity index (χ2v) is 12.2. The van der Waals surface area contributed by atoms with Gasteiger partial charge in [0.2, 0.25) is 16.9 Å². The molecule has 0 radical (unpaired) electrons. The second-order valence-electron chi connectivity index (χ2n) is 11.1. The number of hydrogen-bond acceptors (Lipinski definition) is 9. The molecule has 6 rings (SSSR count). The third-order valence-electron chi connectivity index (χ3n) is 8.04. The largest absolute Gasteiger partial charge is 0.508 e. The van der Waals surface area contributed by atoms with E-state index in [1.54, 1.807) is 0 Å². The third kappa shape index (κ3) is 6.03. The Kier molecular flexibility index (Phi) is 8.09. The number of hydrogen-bond donors (Lipinski definition) is 2.